The van der Waals surface area contributed by atoms with Gasteiger partial charge in [0.1, 0.15) is 11.9 Å². The Morgan fingerprint density at radius 2 is 2.25 bits per heavy atom. The maximum Gasteiger partial charge on any atom is 0.125 e. The molecule has 2 aliphatic rings. The molecule has 1 aliphatic heterocycles. The van der Waals surface area contributed by atoms with Crippen LogP contribution in [0.2, 0.25) is 0 Å². The Labute approximate surface area is 129 Å². The summed E-state index contributed by atoms with van der Waals surface area (Å²) < 4.78 is 13.3. The third kappa shape index (κ3) is 2.87. The van der Waals surface area contributed by atoms with Gasteiger partial charge < -0.3 is 15.2 Å². The van der Waals surface area contributed by atoms with E-state index in [1.54, 1.807) is 0 Å². The van der Waals surface area contributed by atoms with E-state index in [9.17, 15) is 0 Å². The van der Waals surface area contributed by atoms with Crippen LogP contribution in [-0.4, -0.2) is 18.3 Å². The van der Waals surface area contributed by atoms with Crippen molar-refractivity contribution in [3.05, 3.63) is 28.2 Å². The molecule has 1 spiro atoms. The Morgan fingerprint density at radius 1 is 1.45 bits per heavy atom. The first-order valence-electron chi connectivity index (χ1n) is 7.44. The fourth-order valence-corrected chi connectivity index (χ4v) is 3.51. The second kappa shape index (κ2) is 5.66. The first kappa shape index (κ1) is 14.4. The molecule has 1 saturated carbocycles. The van der Waals surface area contributed by atoms with Gasteiger partial charge in [-0.3, -0.25) is 0 Å². The summed E-state index contributed by atoms with van der Waals surface area (Å²) in [5, 5.41) is 0. The first-order valence-corrected chi connectivity index (χ1v) is 8.23. The molecule has 2 atom stereocenters. The summed E-state index contributed by atoms with van der Waals surface area (Å²) in [5.41, 5.74) is 7.23. The van der Waals surface area contributed by atoms with Gasteiger partial charge in [-0.2, -0.15) is 0 Å². The van der Waals surface area contributed by atoms with Crippen LogP contribution in [0, 0.1) is 0 Å². The fourth-order valence-electron chi connectivity index (χ4n) is 3.17. The van der Waals surface area contributed by atoms with E-state index < -0.39 is 0 Å². The van der Waals surface area contributed by atoms with Crippen molar-refractivity contribution in [3.8, 4) is 5.75 Å². The predicted octanol–water partition coefficient (Wildman–Crippen LogP) is 3.95. The second-order valence-corrected chi connectivity index (χ2v) is 7.00. The summed E-state index contributed by atoms with van der Waals surface area (Å²) in [4.78, 5) is 0. The van der Waals surface area contributed by atoms with Crippen molar-refractivity contribution in [1.29, 1.82) is 0 Å². The molecule has 0 radical (unpaired) electrons. The van der Waals surface area contributed by atoms with Crippen molar-refractivity contribution in [2.75, 3.05) is 6.61 Å². The summed E-state index contributed by atoms with van der Waals surface area (Å²) in [7, 11) is 0. The molecular weight excluding hydrogens is 318 g/mol. The lowest BCUT2D eigenvalue weighted by Crippen LogP contribution is -2.48. The molecule has 20 heavy (non-hydrogen) atoms. The Morgan fingerprint density at radius 3 is 2.90 bits per heavy atom. The molecule has 1 aliphatic carbocycles. The van der Waals surface area contributed by atoms with Crippen molar-refractivity contribution in [2.45, 2.75) is 56.8 Å². The summed E-state index contributed by atoms with van der Waals surface area (Å²) in [6.07, 6.45) is 5.88. The van der Waals surface area contributed by atoms with Gasteiger partial charge in [0.05, 0.1) is 12.2 Å². The molecule has 4 heteroatoms. The van der Waals surface area contributed by atoms with Gasteiger partial charge in [-0.1, -0.05) is 22.0 Å². The van der Waals surface area contributed by atoms with E-state index in [2.05, 4.69) is 15.9 Å². The topological polar surface area (TPSA) is 44.5 Å². The van der Waals surface area contributed by atoms with Gasteiger partial charge in [0.15, 0.2) is 0 Å². The smallest absolute Gasteiger partial charge is 0.125 e. The third-order valence-electron chi connectivity index (χ3n) is 4.47. The molecule has 1 unspecified atom stereocenters. The molecule has 2 N–H and O–H groups in total. The van der Waals surface area contributed by atoms with E-state index >= 15 is 0 Å². The molecule has 1 aromatic rings. The zero-order valence-electron chi connectivity index (χ0n) is 11.9. The number of nitrogens with two attached hydrogens (primary N) is 1. The maximum absolute atomic E-state index is 6.27. The SMILES string of the molecule is C[C@H](N)c1ccc(Br)cc1OC1CCOC2(CCC2)C1. The molecule has 110 valence electrons. The van der Waals surface area contributed by atoms with Gasteiger partial charge in [-0.05, 0) is 38.3 Å². The number of halogens is 1. The van der Waals surface area contributed by atoms with Crippen molar-refractivity contribution < 1.29 is 9.47 Å². The second-order valence-electron chi connectivity index (χ2n) is 6.09. The minimum atomic E-state index is -0.0180. The summed E-state index contributed by atoms with van der Waals surface area (Å²) in [5.74, 6) is 0.913. The van der Waals surface area contributed by atoms with Crippen LogP contribution in [0.3, 0.4) is 0 Å². The van der Waals surface area contributed by atoms with E-state index in [1.165, 1.54) is 19.3 Å². The Bertz CT molecular complexity index is 485. The highest BCUT2D eigenvalue weighted by Gasteiger charge is 2.43. The van der Waals surface area contributed by atoms with Gasteiger partial charge in [0, 0.05) is 28.9 Å². The van der Waals surface area contributed by atoms with Crippen molar-refractivity contribution >= 4 is 15.9 Å². The van der Waals surface area contributed by atoms with Crippen molar-refractivity contribution in [1.82, 2.24) is 0 Å². The highest BCUT2D eigenvalue weighted by molar-refractivity contribution is 9.10. The molecule has 0 bridgehead atoms. The lowest BCUT2D eigenvalue weighted by molar-refractivity contribution is -0.153. The van der Waals surface area contributed by atoms with Crippen LogP contribution in [0.5, 0.6) is 5.75 Å². The maximum atomic E-state index is 6.27. The zero-order chi connectivity index (χ0) is 14.2. The minimum absolute atomic E-state index is 0.0180. The van der Waals surface area contributed by atoms with Crippen molar-refractivity contribution in [2.24, 2.45) is 5.73 Å². The highest BCUT2D eigenvalue weighted by Crippen LogP contribution is 2.43. The lowest BCUT2D eigenvalue weighted by atomic mass is 9.74. The van der Waals surface area contributed by atoms with Gasteiger partial charge in [-0.15, -0.1) is 0 Å². The van der Waals surface area contributed by atoms with Crippen LogP contribution < -0.4 is 10.5 Å². The van der Waals surface area contributed by atoms with E-state index in [-0.39, 0.29) is 17.7 Å². The van der Waals surface area contributed by atoms with Crippen LogP contribution in [0.4, 0.5) is 0 Å². The van der Waals surface area contributed by atoms with Gasteiger partial charge >= 0.3 is 0 Å². The summed E-state index contributed by atoms with van der Waals surface area (Å²) >= 11 is 3.51. The van der Waals surface area contributed by atoms with Crippen LogP contribution in [0.1, 0.15) is 50.6 Å². The zero-order valence-corrected chi connectivity index (χ0v) is 13.5. The average Bonchev–Trinajstić information content (AvgIpc) is 2.37. The number of rotatable bonds is 3. The Hall–Kier alpha value is -0.580. The van der Waals surface area contributed by atoms with Gasteiger partial charge in [-0.25, -0.2) is 0 Å². The minimum Gasteiger partial charge on any atom is -0.490 e. The highest BCUT2D eigenvalue weighted by atomic mass is 79.9. The number of benzene rings is 1. The van der Waals surface area contributed by atoms with E-state index in [0.29, 0.717) is 0 Å². The molecule has 1 saturated heterocycles. The lowest BCUT2D eigenvalue weighted by Gasteiger charge is -2.47. The summed E-state index contributed by atoms with van der Waals surface area (Å²) in [6.45, 7) is 2.81. The molecule has 1 aromatic carbocycles. The molecule has 2 fully saturated rings. The monoisotopic (exact) mass is 339 g/mol. The van der Waals surface area contributed by atoms with E-state index in [0.717, 1.165) is 35.2 Å². The standard InChI is InChI=1S/C16H22BrNO2/c1-11(18)14-4-3-12(17)9-15(14)20-13-5-8-19-16(10-13)6-2-7-16/h3-4,9,11,13H,2,5-8,10,18H2,1H3/t11-,13?/m0/s1. The van der Waals surface area contributed by atoms with Crippen LogP contribution in [0.25, 0.3) is 0 Å². The van der Waals surface area contributed by atoms with Crippen LogP contribution in [0.15, 0.2) is 22.7 Å². The third-order valence-corrected chi connectivity index (χ3v) is 4.97. The number of hydrogen-bond donors (Lipinski definition) is 1. The average molecular weight is 340 g/mol. The predicted molar refractivity (Wildman–Crippen MR) is 82.9 cm³/mol. The molecule has 0 amide bonds. The van der Waals surface area contributed by atoms with E-state index in [4.69, 9.17) is 15.2 Å². The Kier molecular flexibility index (Phi) is 4.07. The van der Waals surface area contributed by atoms with Crippen LogP contribution in [-0.2, 0) is 4.74 Å². The molecule has 0 aromatic heterocycles. The van der Waals surface area contributed by atoms with Gasteiger partial charge in [0.2, 0.25) is 0 Å². The number of hydrogen-bond acceptors (Lipinski definition) is 3. The first-order chi connectivity index (χ1) is 9.58. The normalized spacial score (nSPS) is 26.1. The van der Waals surface area contributed by atoms with Crippen LogP contribution >= 0.6 is 15.9 Å². The van der Waals surface area contributed by atoms with Crippen molar-refractivity contribution in [3.63, 3.8) is 0 Å². The molecule has 1 heterocycles. The summed E-state index contributed by atoms with van der Waals surface area (Å²) in [6, 6.07) is 6.07. The van der Waals surface area contributed by atoms with E-state index in [1.807, 2.05) is 25.1 Å². The van der Waals surface area contributed by atoms with Gasteiger partial charge in [0.25, 0.3) is 0 Å². The quantitative estimate of drug-likeness (QED) is 0.906. The molecule has 3 rings (SSSR count). The largest absolute Gasteiger partial charge is 0.490 e. The molecular formula is C16H22BrNO2. The Balaban J connectivity index is 1.75. The number of ether oxygens (including phenoxy) is 2. The molecule has 3 nitrogen and oxygen atoms in total. The fraction of sp³-hybridized carbons (Fsp3) is 0.625.